The lowest BCUT2D eigenvalue weighted by Crippen LogP contribution is -2.52. The Hall–Kier alpha value is -3.11. The summed E-state index contributed by atoms with van der Waals surface area (Å²) < 4.78 is 0. The van der Waals surface area contributed by atoms with E-state index < -0.39 is 6.04 Å². The zero-order valence-corrected chi connectivity index (χ0v) is 20.0. The van der Waals surface area contributed by atoms with Crippen LogP contribution < -0.4 is 5.32 Å². The third kappa shape index (κ3) is 7.47. The highest BCUT2D eigenvalue weighted by molar-refractivity contribution is 6.30. The predicted octanol–water partition coefficient (Wildman–Crippen LogP) is 5.44. The number of nitrogens with zero attached hydrogens (tertiary/aromatic N) is 1. The summed E-state index contributed by atoms with van der Waals surface area (Å²) in [5, 5.41) is 3.72. The molecule has 3 aromatic rings. The van der Waals surface area contributed by atoms with Crippen LogP contribution in [0.15, 0.2) is 84.9 Å². The molecule has 0 aromatic heterocycles. The standard InChI is InChI=1S/C28H31ClN2O2/c1-3-21(2)30-28(33)26(18-22-10-6-4-7-11-22)31(20-24-12-8-5-9-13-24)27(32)19-23-14-16-25(29)17-15-23/h4-17,21,26H,3,18-20H2,1-2H3,(H,30,33). The van der Waals surface area contributed by atoms with Crippen molar-refractivity contribution < 1.29 is 9.59 Å². The molecule has 0 aliphatic rings. The van der Waals surface area contributed by atoms with E-state index in [0.29, 0.717) is 18.0 Å². The molecule has 3 rings (SSSR count). The first-order valence-corrected chi connectivity index (χ1v) is 11.8. The number of carbonyl (C=O) groups is 2. The quantitative estimate of drug-likeness (QED) is 0.436. The molecule has 0 aliphatic carbocycles. The van der Waals surface area contributed by atoms with Gasteiger partial charge in [-0.2, -0.15) is 0 Å². The molecule has 1 N–H and O–H groups in total. The minimum Gasteiger partial charge on any atom is -0.352 e. The summed E-state index contributed by atoms with van der Waals surface area (Å²) in [5.41, 5.74) is 2.86. The number of carbonyl (C=O) groups excluding carboxylic acids is 2. The minimum atomic E-state index is -0.624. The van der Waals surface area contributed by atoms with E-state index in [0.717, 1.165) is 23.1 Å². The molecule has 0 saturated heterocycles. The highest BCUT2D eigenvalue weighted by Crippen LogP contribution is 2.18. The van der Waals surface area contributed by atoms with E-state index in [-0.39, 0.29) is 24.3 Å². The third-order valence-corrected chi connectivity index (χ3v) is 5.99. The van der Waals surface area contributed by atoms with E-state index in [1.807, 2.05) is 86.6 Å². The summed E-state index contributed by atoms with van der Waals surface area (Å²) in [6.07, 6.45) is 1.47. The minimum absolute atomic E-state index is 0.0284. The smallest absolute Gasteiger partial charge is 0.243 e. The average molecular weight is 463 g/mol. The van der Waals surface area contributed by atoms with Gasteiger partial charge in [0.15, 0.2) is 0 Å². The lowest BCUT2D eigenvalue weighted by molar-refractivity contribution is -0.141. The summed E-state index contributed by atoms with van der Waals surface area (Å²) in [4.78, 5) is 28.8. The summed E-state index contributed by atoms with van der Waals surface area (Å²) in [5.74, 6) is -0.227. The third-order valence-electron chi connectivity index (χ3n) is 5.74. The van der Waals surface area contributed by atoms with Gasteiger partial charge in [-0.25, -0.2) is 0 Å². The molecule has 4 nitrogen and oxygen atoms in total. The number of rotatable bonds is 10. The second-order valence-electron chi connectivity index (χ2n) is 8.33. The van der Waals surface area contributed by atoms with Crippen molar-refractivity contribution in [3.05, 3.63) is 107 Å². The van der Waals surface area contributed by atoms with Crippen molar-refractivity contribution in [3.63, 3.8) is 0 Å². The van der Waals surface area contributed by atoms with Crippen molar-refractivity contribution >= 4 is 23.4 Å². The Balaban J connectivity index is 1.94. The number of benzene rings is 3. The Morgan fingerprint density at radius 2 is 1.42 bits per heavy atom. The molecule has 2 amide bonds. The fraction of sp³-hybridized carbons (Fsp3) is 0.286. The average Bonchev–Trinajstić information content (AvgIpc) is 2.83. The molecule has 33 heavy (non-hydrogen) atoms. The first-order valence-electron chi connectivity index (χ1n) is 11.4. The molecule has 2 unspecified atom stereocenters. The Morgan fingerprint density at radius 3 is 2.00 bits per heavy atom. The molecule has 3 aromatic carbocycles. The van der Waals surface area contributed by atoms with Crippen LogP contribution in [0.3, 0.4) is 0 Å². The maximum absolute atomic E-state index is 13.6. The van der Waals surface area contributed by atoms with E-state index >= 15 is 0 Å². The van der Waals surface area contributed by atoms with Crippen LogP contribution in [0, 0.1) is 0 Å². The molecular weight excluding hydrogens is 432 g/mol. The summed E-state index contributed by atoms with van der Waals surface area (Å²) in [7, 11) is 0. The summed E-state index contributed by atoms with van der Waals surface area (Å²) >= 11 is 6.01. The van der Waals surface area contributed by atoms with E-state index in [2.05, 4.69) is 5.32 Å². The van der Waals surface area contributed by atoms with Crippen molar-refractivity contribution in [2.45, 2.75) is 51.7 Å². The van der Waals surface area contributed by atoms with Crippen molar-refractivity contribution in [1.82, 2.24) is 10.2 Å². The van der Waals surface area contributed by atoms with Crippen LogP contribution in [0.2, 0.25) is 5.02 Å². The molecule has 172 valence electrons. The number of amides is 2. The van der Waals surface area contributed by atoms with Gasteiger partial charge in [0.05, 0.1) is 6.42 Å². The monoisotopic (exact) mass is 462 g/mol. The fourth-order valence-electron chi connectivity index (χ4n) is 3.65. The van der Waals surface area contributed by atoms with E-state index in [1.165, 1.54) is 0 Å². The van der Waals surface area contributed by atoms with E-state index in [1.54, 1.807) is 17.0 Å². The molecule has 2 atom stereocenters. The Labute approximate surface area is 201 Å². The molecule has 0 saturated carbocycles. The second-order valence-corrected chi connectivity index (χ2v) is 8.77. The Kier molecular flexibility index (Phi) is 9.08. The summed E-state index contributed by atoms with van der Waals surface area (Å²) in [6.45, 7) is 4.37. The van der Waals surface area contributed by atoms with Gasteiger partial charge >= 0.3 is 0 Å². The van der Waals surface area contributed by atoms with Gasteiger partial charge in [-0.05, 0) is 42.2 Å². The molecule has 5 heteroatoms. The SMILES string of the molecule is CCC(C)NC(=O)C(Cc1ccccc1)N(Cc1ccccc1)C(=O)Cc1ccc(Cl)cc1. The van der Waals surface area contributed by atoms with Gasteiger partial charge in [-0.1, -0.05) is 91.3 Å². The first kappa shape index (κ1) is 24.5. The Bertz CT molecular complexity index is 1020. The normalized spacial score (nSPS) is 12.6. The van der Waals surface area contributed by atoms with Gasteiger partial charge in [0, 0.05) is 24.0 Å². The molecule has 0 spiro atoms. The van der Waals surface area contributed by atoms with Crippen LogP contribution in [0.25, 0.3) is 0 Å². The zero-order valence-electron chi connectivity index (χ0n) is 19.2. The molecular formula is C28H31ClN2O2. The van der Waals surface area contributed by atoms with Gasteiger partial charge in [0.1, 0.15) is 6.04 Å². The lowest BCUT2D eigenvalue weighted by Gasteiger charge is -2.32. The number of hydrogen-bond acceptors (Lipinski definition) is 2. The van der Waals surface area contributed by atoms with Gasteiger partial charge in [0.25, 0.3) is 0 Å². The predicted molar refractivity (Wildman–Crippen MR) is 134 cm³/mol. The number of nitrogens with one attached hydrogen (secondary N) is 1. The van der Waals surface area contributed by atoms with Crippen molar-refractivity contribution in [2.75, 3.05) is 0 Å². The number of halogens is 1. The van der Waals surface area contributed by atoms with Crippen LogP contribution in [0.1, 0.15) is 37.0 Å². The molecule has 0 radical (unpaired) electrons. The molecule has 0 fully saturated rings. The molecule has 0 heterocycles. The number of hydrogen-bond donors (Lipinski definition) is 1. The fourth-order valence-corrected chi connectivity index (χ4v) is 3.78. The molecule has 0 aliphatic heterocycles. The highest BCUT2D eigenvalue weighted by Gasteiger charge is 2.30. The van der Waals surface area contributed by atoms with Gasteiger partial charge in [0.2, 0.25) is 11.8 Å². The first-order chi connectivity index (χ1) is 16.0. The van der Waals surface area contributed by atoms with Crippen molar-refractivity contribution in [1.29, 1.82) is 0 Å². The summed E-state index contributed by atoms with van der Waals surface area (Å²) in [6, 6.07) is 26.3. The molecule has 0 bridgehead atoms. The van der Waals surface area contributed by atoms with Crippen molar-refractivity contribution in [2.24, 2.45) is 0 Å². The van der Waals surface area contributed by atoms with Crippen LogP contribution in [-0.4, -0.2) is 28.8 Å². The van der Waals surface area contributed by atoms with Gasteiger partial charge in [-0.15, -0.1) is 0 Å². The maximum atomic E-state index is 13.6. The largest absolute Gasteiger partial charge is 0.352 e. The van der Waals surface area contributed by atoms with Crippen LogP contribution in [0.4, 0.5) is 0 Å². The topological polar surface area (TPSA) is 49.4 Å². The second kappa shape index (κ2) is 12.2. The van der Waals surface area contributed by atoms with E-state index in [4.69, 9.17) is 11.6 Å². The van der Waals surface area contributed by atoms with Crippen molar-refractivity contribution in [3.8, 4) is 0 Å². The van der Waals surface area contributed by atoms with Crippen LogP contribution in [0.5, 0.6) is 0 Å². The van der Waals surface area contributed by atoms with E-state index in [9.17, 15) is 9.59 Å². The van der Waals surface area contributed by atoms with Gasteiger partial charge < -0.3 is 10.2 Å². The maximum Gasteiger partial charge on any atom is 0.243 e. The van der Waals surface area contributed by atoms with Crippen LogP contribution in [-0.2, 0) is 29.0 Å². The Morgan fingerprint density at radius 1 is 0.848 bits per heavy atom. The van der Waals surface area contributed by atoms with Gasteiger partial charge in [-0.3, -0.25) is 9.59 Å². The lowest BCUT2D eigenvalue weighted by atomic mass is 10.0. The zero-order chi connectivity index (χ0) is 23.6. The highest BCUT2D eigenvalue weighted by atomic mass is 35.5. The van der Waals surface area contributed by atoms with Crippen LogP contribution >= 0.6 is 11.6 Å².